The Hall–Kier alpha value is -5.35. The Kier molecular flexibility index (Phi) is 13.8. The number of amidine groups is 2. The number of aliphatic hydroxyl groups is 1. The van der Waals surface area contributed by atoms with Crippen LogP contribution in [0.1, 0.15) is 54.9 Å². The van der Waals surface area contributed by atoms with E-state index in [0.717, 1.165) is 49.4 Å². The maximum Gasteiger partial charge on any atom is 0.420 e. The van der Waals surface area contributed by atoms with Gasteiger partial charge >= 0.3 is 12.2 Å². The summed E-state index contributed by atoms with van der Waals surface area (Å²) < 4.78 is 22.5. The number of likely N-dealkylation sites (N-methyl/N-ethyl adjacent to an activating group) is 1. The molecule has 0 saturated carbocycles. The van der Waals surface area contributed by atoms with Gasteiger partial charge in [-0.15, -0.1) is 0 Å². The lowest BCUT2D eigenvalue weighted by Crippen LogP contribution is -2.54. The van der Waals surface area contributed by atoms with Crippen LogP contribution in [-0.4, -0.2) is 123 Å². The molecule has 2 heterocycles. The summed E-state index contributed by atoms with van der Waals surface area (Å²) in [4.78, 5) is 58.2. The quantitative estimate of drug-likeness (QED) is 0.232. The van der Waals surface area contributed by atoms with Gasteiger partial charge in [-0.2, -0.15) is 0 Å². The third kappa shape index (κ3) is 11.1. The number of methoxy groups -OCH3 is 2. The Morgan fingerprint density at radius 3 is 2.04 bits per heavy atom. The second kappa shape index (κ2) is 17.9. The van der Waals surface area contributed by atoms with E-state index in [0.29, 0.717) is 22.9 Å². The van der Waals surface area contributed by atoms with Crippen LogP contribution in [0.15, 0.2) is 59.0 Å². The molecule has 0 aromatic heterocycles. The van der Waals surface area contributed by atoms with E-state index in [1.54, 1.807) is 72.9 Å². The summed E-state index contributed by atoms with van der Waals surface area (Å²) in [6.07, 6.45) is -2.17. The third-order valence-electron chi connectivity index (χ3n) is 8.69. The summed E-state index contributed by atoms with van der Waals surface area (Å²) in [5.74, 6) is 0.804. The van der Waals surface area contributed by atoms with E-state index in [1.165, 1.54) is 24.0 Å². The summed E-state index contributed by atoms with van der Waals surface area (Å²) in [6, 6.07) is 10.2. The van der Waals surface area contributed by atoms with Crippen LogP contribution in [0.2, 0.25) is 0 Å². The van der Waals surface area contributed by atoms with Crippen LogP contribution < -0.4 is 29.5 Å². The van der Waals surface area contributed by atoms with Crippen molar-refractivity contribution >= 4 is 52.5 Å². The highest BCUT2D eigenvalue weighted by molar-refractivity contribution is 6.22. The minimum absolute atomic E-state index is 0.0774. The molecular weight excluding hydrogens is 708 g/mol. The molecule has 2 aliphatic rings. The van der Waals surface area contributed by atoms with Gasteiger partial charge in [-0.05, 0) is 72.4 Å². The standard InChI is InChI=1S/C39H56N8O8/c1-12-34(48)42-30-22-26(45-18-16-44(13-2)17-19-45)14-15-31(30)47(37(51)55-39(6,7)8)33-24-32(40-25-41-33)43(9)35(49)46(36(50)54-38(3,4)5)27-20-28(52-10)23-29(21-27)53-11/h12,14-15,20-23,35,49H,1,13,16-19,24-25H2,2-11H3,(H,42,48). The van der Waals surface area contributed by atoms with Crippen LogP contribution in [0, 0.1) is 0 Å². The van der Waals surface area contributed by atoms with E-state index in [2.05, 4.69) is 38.6 Å². The van der Waals surface area contributed by atoms with Gasteiger partial charge in [0.25, 0.3) is 0 Å². The molecule has 16 heteroatoms. The maximum atomic E-state index is 14.1. The first-order valence-electron chi connectivity index (χ1n) is 18.2. The fourth-order valence-corrected chi connectivity index (χ4v) is 5.89. The predicted molar refractivity (Wildman–Crippen MR) is 215 cm³/mol. The van der Waals surface area contributed by atoms with Gasteiger partial charge in [0.2, 0.25) is 12.3 Å². The lowest BCUT2D eigenvalue weighted by Gasteiger charge is -2.38. The molecule has 0 bridgehead atoms. The average Bonchev–Trinajstić information content (AvgIpc) is 3.13. The molecule has 1 unspecified atom stereocenters. The molecule has 300 valence electrons. The van der Waals surface area contributed by atoms with Crippen LogP contribution in [-0.2, 0) is 14.3 Å². The molecule has 2 aromatic rings. The van der Waals surface area contributed by atoms with E-state index in [9.17, 15) is 19.5 Å². The first kappa shape index (κ1) is 42.4. The molecule has 4 rings (SSSR count). The minimum atomic E-state index is -1.66. The van der Waals surface area contributed by atoms with Crippen LogP contribution in [0.3, 0.4) is 0 Å². The van der Waals surface area contributed by atoms with Crippen molar-refractivity contribution in [2.75, 3.05) is 80.7 Å². The van der Waals surface area contributed by atoms with Crippen molar-refractivity contribution < 1.29 is 38.4 Å². The number of amides is 3. The lowest BCUT2D eigenvalue weighted by molar-refractivity contribution is -0.111. The minimum Gasteiger partial charge on any atom is -0.497 e. The van der Waals surface area contributed by atoms with E-state index in [-0.39, 0.29) is 30.4 Å². The number of rotatable bonds is 10. The van der Waals surface area contributed by atoms with Crippen molar-refractivity contribution in [3.63, 3.8) is 0 Å². The van der Waals surface area contributed by atoms with Crippen molar-refractivity contribution in [2.45, 2.75) is 72.4 Å². The largest absolute Gasteiger partial charge is 0.497 e. The Bertz CT molecular complexity index is 1750. The van der Waals surface area contributed by atoms with Gasteiger partial charge in [0.1, 0.15) is 41.0 Å². The van der Waals surface area contributed by atoms with Crippen molar-refractivity contribution in [2.24, 2.45) is 9.98 Å². The highest BCUT2D eigenvalue weighted by Gasteiger charge is 2.36. The van der Waals surface area contributed by atoms with Gasteiger partial charge in [0, 0.05) is 57.1 Å². The summed E-state index contributed by atoms with van der Waals surface area (Å²) in [7, 11) is 4.51. The Morgan fingerprint density at radius 2 is 1.49 bits per heavy atom. The number of nitrogens with zero attached hydrogens (tertiary/aromatic N) is 7. The van der Waals surface area contributed by atoms with Gasteiger partial charge in [-0.25, -0.2) is 29.4 Å². The Balaban J connectivity index is 1.74. The molecule has 55 heavy (non-hydrogen) atoms. The topological polar surface area (TPSA) is 161 Å². The highest BCUT2D eigenvalue weighted by atomic mass is 16.6. The number of benzene rings is 2. The fourth-order valence-electron chi connectivity index (χ4n) is 5.89. The molecule has 2 aliphatic heterocycles. The molecule has 1 atom stereocenters. The van der Waals surface area contributed by atoms with E-state index >= 15 is 0 Å². The van der Waals surface area contributed by atoms with Crippen molar-refractivity contribution in [1.29, 1.82) is 0 Å². The number of nitrogens with one attached hydrogen (secondary N) is 1. The van der Waals surface area contributed by atoms with Crippen LogP contribution in [0.4, 0.5) is 32.3 Å². The third-order valence-corrected chi connectivity index (χ3v) is 8.69. The number of carbonyl (C=O) groups is 3. The lowest BCUT2D eigenvalue weighted by atomic mass is 10.1. The number of aliphatic hydroxyl groups excluding tert-OH is 1. The fraction of sp³-hybridized carbons (Fsp3) is 0.513. The molecule has 2 N–H and O–H groups in total. The van der Waals surface area contributed by atoms with E-state index in [4.69, 9.17) is 18.9 Å². The predicted octanol–water partition coefficient (Wildman–Crippen LogP) is 5.52. The first-order chi connectivity index (χ1) is 25.9. The summed E-state index contributed by atoms with van der Waals surface area (Å²) >= 11 is 0. The first-order valence-corrected chi connectivity index (χ1v) is 18.2. The van der Waals surface area contributed by atoms with Crippen LogP contribution in [0.25, 0.3) is 0 Å². The zero-order chi connectivity index (χ0) is 40.7. The molecule has 1 fully saturated rings. The number of anilines is 4. The Morgan fingerprint density at radius 1 is 0.909 bits per heavy atom. The molecule has 0 spiro atoms. The van der Waals surface area contributed by atoms with Crippen molar-refractivity contribution in [3.05, 3.63) is 49.1 Å². The number of hydrogen-bond donors (Lipinski definition) is 2. The van der Waals surface area contributed by atoms with Crippen LogP contribution in [0.5, 0.6) is 11.5 Å². The number of piperazine rings is 1. The molecule has 16 nitrogen and oxygen atoms in total. The summed E-state index contributed by atoms with van der Waals surface area (Å²) in [5.41, 5.74) is -0.0368. The zero-order valence-corrected chi connectivity index (χ0v) is 33.7. The highest BCUT2D eigenvalue weighted by Crippen LogP contribution is 2.35. The molecule has 3 amide bonds. The molecule has 0 radical (unpaired) electrons. The smallest absolute Gasteiger partial charge is 0.420 e. The number of ether oxygens (including phenoxy) is 4. The van der Waals surface area contributed by atoms with E-state index in [1.807, 2.05) is 12.1 Å². The molecule has 2 aromatic carbocycles. The second-order valence-corrected chi connectivity index (χ2v) is 15.0. The van der Waals surface area contributed by atoms with Gasteiger partial charge in [-0.3, -0.25) is 4.79 Å². The Labute approximate surface area is 324 Å². The van der Waals surface area contributed by atoms with E-state index < -0.39 is 35.6 Å². The second-order valence-electron chi connectivity index (χ2n) is 15.0. The zero-order valence-electron chi connectivity index (χ0n) is 33.7. The molecule has 1 saturated heterocycles. The number of hydrogen-bond acceptors (Lipinski definition) is 13. The van der Waals surface area contributed by atoms with Crippen LogP contribution >= 0.6 is 0 Å². The molecular formula is C39H56N8O8. The molecule has 0 aliphatic carbocycles. The number of carbonyl (C=O) groups excluding carboxylic acids is 3. The monoisotopic (exact) mass is 764 g/mol. The summed E-state index contributed by atoms with van der Waals surface area (Å²) in [5, 5.41) is 14.8. The van der Waals surface area contributed by atoms with Crippen molar-refractivity contribution in [1.82, 2.24) is 9.80 Å². The van der Waals surface area contributed by atoms with Gasteiger partial charge in [0.15, 0.2) is 0 Å². The normalized spacial score (nSPS) is 15.5. The van der Waals surface area contributed by atoms with Gasteiger partial charge in [-0.1, -0.05) is 13.5 Å². The SMILES string of the molecule is C=CC(=O)Nc1cc(N2CCN(CC)CC2)ccc1N(C(=O)OC(C)(C)C)C1=NCN=C(N(C)C(O)N(C(=O)OC(C)(C)C)c2cc(OC)cc(OC)c2)C1. The summed E-state index contributed by atoms with van der Waals surface area (Å²) in [6.45, 7) is 20.4. The van der Waals surface area contributed by atoms with Crippen molar-refractivity contribution in [3.8, 4) is 11.5 Å². The maximum absolute atomic E-state index is 14.1. The number of aliphatic imine (C=N–C) groups is 2. The van der Waals surface area contributed by atoms with Gasteiger partial charge < -0.3 is 44.1 Å². The average molecular weight is 765 g/mol. The van der Waals surface area contributed by atoms with Gasteiger partial charge in [0.05, 0.1) is 37.7 Å².